The zero-order chi connectivity index (χ0) is 14.7. The maximum atomic E-state index is 13.8. The summed E-state index contributed by atoms with van der Waals surface area (Å²) in [6.45, 7) is 2.45. The van der Waals surface area contributed by atoms with Gasteiger partial charge >= 0.3 is 0 Å². The second-order valence-electron chi connectivity index (χ2n) is 4.57. The van der Waals surface area contributed by atoms with Gasteiger partial charge in [0.15, 0.2) is 5.82 Å². The topological polar surface area (TPSA) is 73.6 Å². The molecule has 3 atom stereocenters. The molecule has 3 unspecified atom stereocenters. The normalized spacial score (nSPS) is 25.1. The number of nitrogens with one attached hydrogen (secondary N) is 1. The fraction of sp³-hybridized carbons (Fsp3) is 0.538. The Hall–Kier alpha value is -1.73. The number of nitrogens with zero attached hydrogens (tertiary/aromatic N) is 1. The third-order valence-corrected chi connectivity index (χ3v) is 3.42. The number of hydrogen-bond donors (Lipinski definition) is 1. The highest BCUT2D eigenvalue weighted by molar-refractivity contribution is 5.63. The summed E-state index contributed by atoms with van der Waals surface area (Å²) in [7, 11) is 1.54. The molecule has 6 nitrogen and oxygen atoms in total. The SMILES string of the molecule is CCOC1CC(Nc2c(F)cccc2[N+](=O)[O-])C1OC. The Morgan fingerprint density at radius 2 is 2.30 bits per heavy atom. The van der Waals surface area contributed by atoms with E-state index in [1.54, 1.807) is 7.11 Å². The van der Waals surface area contributed by atoms with Gasteiger partial charge in [0.1, 0.15) is 11.8 Å². The van der Waals surface area contributed by atoms with Crippen LogP contribution in [0.2, 0.25) is 0 Å². The molecule has 20 heavy (non-hydrogen) atoms. The Morgan fingerprint density at radius 1 is 1.55 bits per heavy atom. The maximum absolute atomic E-state index is 13.8. The fourth-order valence-electron chi connectivity index (χ4n) is 2.41. The average Bonchev–Trinajstić information content (AvgIpc) is 2.39. The Morgan fingerprint density at radius 3 is 2.90 bits per heavy atom. The van der Waals surface area contributed by atoms with Crippen LogP contribution in [0.15, 0.2) is 18.2 Å². The molecule has 1 aromatic carbocycles. The van der Waals surface area contributed by atoms with Gasteiger partial charge in [-0.1, -0.05) is 6.07 Å². The number of hydrogen-bond acceptors (Lipinski definition) is 5. The first kappa shape index (κ1) is 14.7. The van der Waals surface area contributed by atoms with Crippen molar-refractivity contribution in [3.63, 3.8) is 0 Å². The first-order valence-corrected chi connectivity index (χ1v) is 6.42. The van der Waals surface area contributed by atoms with E-state index in [9.17, 15) is 14.5 Å². The van der Waals surface area contributed by atoms with Gasteiger partial charge in [0.05, 0.1) is 17.1 Å². The molecular formula is C13H17FN2O4. The summed E-state index contributed by atoms with van der Waals surface area (Å²) in [5.41, 5.74) is -0.376. The van der Waals surface area contributed by atoms with Crippen molar-refractivity contribution in [3.8, 4) is 0 Å². The lowest BCUT2D eigenvalue weighted by Gasteiger charge is -2.43. The van der Waals surface area contributed by atoms with Crippen molar-refractivity contribution in [3.05, 3.63) is 34.1 Å². The number of rotatable bonds is 6. The van der Waals surface area contributed by atoms with Gasteiger partial charge in [0.2, 0.25) is 0 Å². The zero-order valence-corrected chi connectivity index (χ0v) is 11.3. The van der Waals surface area contributed by atoms with Gasteiger partial charge in [0, 0.05) is 19.8 Å². The van der Waals surface area contributed by atoms with Crippen LogP contribution in [0, 0.1) is 15.9 Å². The molecule has 1 aromatic rings. The van der Waals surface area contributed by atoms with Crippen molar-refractivity contribution in [2.75, 3.05) is 19.0 Å². The molecule has 0 spiro atoms. The van der Waals surface area contributed by atoms with Gasteiger partial charge in [-0.15, -0.1) is 0 Å². The number of halogens is 1. The maximum Gasteiger partial charge on any atom is 0.295 e. The number of para-hydroxylation sites is 1. The first-order chi connectivity index (χ1) is 9.58. The molecule has 0 heterocycles. The van der Waals surface area contributed by atoms with Crippen LogP contribution >= 0.6 is 0 Å². The van der Waals surface area contributed by atoms with Crippen molar-refractivity contribution in [1.82, 2.24) is 0 Å². The van der Waals surface area contributed by atoms with Crippen LogP contribution in [-0.2, 0) is 9.47 Å². The van der Waals surface area contributed by atoms with E-state index in [-0.39, 0.29) is 29.6 Å². The van der Waals surface area contributed by atoms with Crippen molar-refractivity contribution >= 4 is 11.4 Å². The van der Waals surface area contributed by atoms with Gasteiger partial charge in [-0.25, -0.2) is 4.39 Å². The molecule has 1 aliphatic carbocycles. The van der Waals surface area contributed by atoms with Crippen LogP contribution in [0.1, 0.15) is 13.3 Å². The van der Waals surface area contributed by atoms with E-state index in [2.05, 4.69) is 5.32 Å². The molecule has 1 N–H and O–H groups in total. The van der Waals surface area contributed by atoms with Crippen molar-refractivity contribution in [1.29, 1.82) is 0 Å². The minimum atomic E-state index is -0.645. The average molecular weight is 284 g/mol. The van der Waals surface area contributed by atoms with Crippen LogP contribution in [0.25, 0.3) is 0 Å². The third kappa shape index (κ3) is 2.73. The molecule has 0 aliphatic heterocycles. The van der Waals surface area contributed by atoms with Crippen LogP contribution < -0.4 is 5.32 Å². The van der Waals surface area contributed by atoms with Crippen LogP contribution in [0.4, 0.5) is 15.8 Å². The number of nitro benzene ring substituents is 1. The fourth-order valence-corrected chi connectivity index (χ4v) is 2.41. The highest BCUT2D eigenvalue weighted by Gasteiger charge is 2.43. The standard InChI is InChI=1S/C13H17FN2O4/c1-3-20-11-7-9(13(11)19-2)15-12-8(14)5-4-6-10(12)16(17)18/h4-6,9,11,13,15H,3,7H2,1-2H3. The lowest BCUT2D eigenvalue weighted by Crippen LogP contribution is -2.57. The second-order valence-corrected chi connectivity index (χ2v) is 4.57. The number of nitro groups is 1. The van der Waals surface area contributed by atoms with Crippen LogP contribution in [0.5, 0.6) is 0 Å². The van der Waals surface area contributed by atoms with Gasteiger partial charge < -0.3 is 14.8 Å². The highest BCUT2D eigenvalue weighted by Crippen LogP contribution is 2.34. The molecule has 0 radical (unpaired) electrons. The van der Waals surface area contributed by atoms with E-state index in [0.717, 1.165) is 0 Å². The Labute approximate surface area is 116 Å². The Bertz CT molecular complexity index is 497. The molecule has 1 aliphatic rings. The van der Waals surface area contributed by atoms with Gasteiger partial charge in [-0.3, -0.25) is 10.1 Å². The predicted molar refractivity (Wildman–Crippen MR) is 71.3 cm³/mol. The first-order valence-electron chi connectivity index (χ1n) is 6.42. The summed E-state index contributed by atoms with van der Waals surface area (Å²) in [4.78, 5) is 10.3. The van der Waals surface area contributed by atoms with Crippen LogP contribution in [-0.4, -0.2) is 36.9 Å². The molecule has 0 saturated heterocycles. The van der Waals surface area contributed by atoms with E-state index < -0.39 is 10.7 Å². The third-order valence-electron chi connectivity index (χ3n) is 3.42. The number of ether oxygens (including phenoxy) is 2. The summed E-state index contributed by atoms with van der Waals surface area (Å²) in [6, 6.07) is 3.57. The molecular weight excluding hydrogens is 267 g/mol. The van der Waals surface area contributed by atoms with Gasteiger partial charge in [-0.05, 0) is 19.4 Å². The molecule has 2 rings (SSSR count). The second kappa shape index (κ2) is 6.15. The summed E-state index contributed by atoms with van der Waals surface area (Å²) in [5.74, 6) is -0.645. The van der Waals surface area contributed by atoms with E-state index in [1.807, 2.05) is 6.92 Å². The monoisotopic (exact) mass is 284 g/mol. The minimum absolute atomic E-state index is 0.0617. The number of benzene rings is 1. The highest BCUT2D eigenvalue weighted by atomic mass is 19.1. The van der Waals surface area contributed by atoms with E-state index in [1.165, 1.54) is 18.2 Å². The van der Waals surface area contributed by atoms with Crippen molar-refractivity contribution < 1.29 is 18.8 Å². The van der Waals surface area contributed by atoms with Crippen molar-refractivity contribution in [2.24, 2.45) is 0 Å². The Balaban J connectivity index is 2.13. The van der Waals surface area contributed by atoms with Gasteiger partial charge in [0.25, 0.3) is 5.69 Å². The summed E-state index contributed by atoms with van der Waals surface area (Å²) in [6.07, 6.45) is 0.320. The molecule has 0 bridgehead atoms. The van der Waals surface area contributed by atoms with Crippen molar-refractivity contribution in [2.45, 2.75) is 31.6 Å². The van der Waals surface area contributed by atoms with E-state index in [0.29, 0.717) is 13.0 Å². The number of methoxy groups -OCH3 is 1. The summed E-state index contributed by atoms with van der Waals surface area (Å²) < 4.78 is 24.5. The predicted octanol–water partition coefficient (Wildman–Crippen LogP) is 2.34. The summed E-state index contributed by atoms with van der Waals surface area (Å²) >= 11 is 0. The largest absolute Gasteiger partial charge is 0.377 e. The minimum Gasteiger partial charge on any atom is -0.377 e. The molecule has 1 saturated carbocycles. The molecule has 0 amide bonds. The zero-order valence-electron chi connectivity index (χ0n) is 11.3. The van der Waals surface area contributed by atoms with Crippen LogP contribution in [0.3, 0.4) is 0 Å². The lowest BCUT2D eigenvalue weighted by atomic mass is 9.85. The molecule has 110 valence electrons. The van der Waals surface area contributed by atoms with E-state index >= 15 is 0 Å². The van der Waals surface area contributed by atoms with E-state index in [4.69, 9.17) is 9.47 Å². The summed E-state index contributed by atoms with van der Waals surface area (Å²) in [5, 5.41) is 13.8. The molecule has 0 aromatic heterocycles. The molecule has 1 fully saturated rings. The van der Waals surface area contributed by atoms with Gasteiger partial charge in [-0.2, -0.15) is 0 Å². The smallest absolute Gasteiger partial charge is 0.295 e. The lowest BCUT2D eigenvalue weighted by molar-refractivity contribution is -0.384. The Kier molecular flexibility index (Phi) is 4.51. The molecule has 7 heteroatoms. The number of anilines is 1. The quantitative estimate of drug-likeness (QED) is 0.641.